The van der Waals surface area contributed by atoms with Crippen LogP contribution in [0.3, 0.4) is 0 Å². The van der Waals surface area contributed by atoms with Gasteiger partial charge < -0.3 is 19.1 Å². The normalized spacial score (nSPS) is 22.9. The van der Waals surface area contributed by atoms with E-state index >= 15 is 0 Å². The molecule has 2 aliphatic heterocycles. The first-order valence-electron chi connectivity index (χ1n) is 8.94. The van der Waals surface area contributed by atoms with Crippen LogP contribution in [0, 0.1) is 0 Å². The van der Waals surface area contributed by atoms with Crippen LogP contribution in [0.15, 0.2) is 24.3 Å². The summed E-state index contributed by atoms with van der Waals surface area (Å²) < 4.78 is 39.5. The molecule has 0 N–H and O–H groups in total. The molecule has 1 aromatic rings. The zero-order valence-electron chi connectivity index (χ0n) is 15.1. The Morgan fingerprint density at radius 2 is 2.00 bits per heavy atom. The van der Waals surface area contributed by atoms with Crippen LogP contribution < -0.4 is 9.47 Å². The Bertz CT molecular complexity index is 808. The summed E-state index contributed by atoms with van der Waals surface area (Å²) in [5, 5.41) is 0. The number of carbonyl (C=O) groups is 2. The average Bonchev–Trinajstić information content (AvgIpc) is 3.02. The van der Waals surface area contributed by atoms with Gasteiger partial charge in [0, 0.05) is 12.6 Å². The number of sulfone groups is 1. The van der Waals surface area contributed by atoms with E-state index in [1.165, 1.54) is 4.90 Å². The van der Waals surface area contributed by atoms with Crippen molar-refractivity contribution in [2.24, 2.45) is 0 Å². The first kappa shape index (κ1) is 19.5. The molecule has 2 atom stereocenters. The van der Waals surface area contributed by atoms with Crippen molar-refractivity contribution in [1.82, 2.24) is 4.90 Å². The van der Waals surface area contributed by atoms with Crippen LogP contribution in [0.1, 0.15) is 19.8 Å². The van der Waals surface area contributed by atoms with Crippen molar-refractivity contribution in [2.45, 2.75) is 31.9 Å². The summed E-state index contributed by atoms with van der Waals surface area (Å²) >= 11 is 0. The van der Waals surface area contributed by atoms with Gasteiger partial charge in [0.2, 0.25) is 6.10 Å². The van der Waals surface area contributed by atoms with Crippen molar-refractivity contribution in [3.05, 3.63) is 24.3 Å². The van der Waals surface area contributed by atoms with Gasteiger partial charge in [-0.3, -0.25) is 4.79 Å². The molecule has 8 nitrogen and oxygen atoms in total. The van der Waals surface area contributed by atoms with Gasteiger partial charge in [-0.15, -0.1) is 0 Å². The fourth-order valence-corrected chi connectivity index (χ4v) is 4.95. The number of carbonyl (C=O) groups excluding carboxylic acids is 2. The van der Waals surface area contributed by atoms with Crippen LogP contribution >= 0.6 is 0 Å². The lowest BCUT2D eigenvalue weighted by Crippen LogP contribution is -2.45. The van der Waals surface area contributed by atoms with E-state index in [0.29, 0.717) is 30.9 Å². The molecular weight excluding hydrogens is 374 g/mol. The average molecular weight is 397 g/mol. The van der Waals surface area contributed by atoms with Crippen LogP contribution in [0.4, 0.5) is 0 Å². The molecule has 0 unspecified atom stereocenters. The van der Waals surface area contributed by atoms with Crippen molar-refractivity contribution in [3.63, 3.8) is 0 Å². The van der Waals surface area contributed by atoms with E-state index in [1.807, 2.05) is 6.92 Å². The van der Waals surface area contributed by atoms with E-state index in [0.717, 1.165) is 0 Å². The van der Waals surface area contributed by atoms with E-state index < -0.39 is 34.4 Å². The third-order valence-electron chi connectivity index (χ3n) is 4.54. The van der Waals surface area contributed by atoms with Crippen LogP contribution in [0.5, 0.6) is 11.5 Å². The minimum absolute atomic E-state index is 0.00355. The summed E-state index contributed by atoms with van der Waals surface area (Å²) in [6.07, 6.45) is 0.157. The van der Waals surface area contributed by atoms with E-state index in [2.05, 4.69) is 0 Å². The highest BCUT2D eigenvalue weighted by molar-refractivity contribution is 7.91. The van der Waals surface area contributed by atoms with Crippen molar-refractivity contribution in [2.75, 3.05) is 31.3 Å². The lowest BCUT2D eigenvalue weighted by Gasteiger charge is -2.28. The standard InChI is InChI=1S/C18H23NO7S/c1-2-8-19(13-7-9-27(22,23)12-13)17(20)11-25-18(21)16-10-24-14-5-3-4-6-15(14)26-16/h3-6,13,16H,2,7-12H2,1H3/t13-,16-/m1/s1. The minimum atomic E-state index is -3.11. The molecule has 2 heterocycles. The van der Waals surface area contributed by atoms with Crippen LogP contribution in [-0.4, -0.2) is 68.6 Å². The summed E-state index contributed by atoms with van der Waals surface area (Å²) in [5.41, 5.74) is 0. The predicted octanol–water partition coefficient (Wildman–Crippen LogP) is 0.795. The van der Waals surface area contributed by atoms with Crippen LogP contribution in [0.25, 0.3) is 0 Å². The molecule has 0 saturated carbocycles. The Morgan fingerprint density at radius 1 is 1.26 bits per heavy atom. The van der Waals surface area contributed by atoms with E-state index in [-0.39, 0.29) is 24.2 Å². The molecule has 0 aromatic heterocycles. The summed E-state index contributed by atoms with van der Waals surface area (Å²) in [4.78, 5) is 26.2. The van der Waals surface area contributed by atoms with Crippen molar-refractivity contribution in [3.8, 4) is 11.5 Å². The van der Waals surface area contributed by atoms with Gasteiger partial charge >= 0.3 is 5.97 Å². The lowest BCUT2D eigenvalue weighted by molar-refractivity contribution is -0.160. The predicted molar refractivity (Wildman–Crippen MR) is 96.4 cm³/mol. The molecule has 1 amide bonds. The minimum Gasteiger partial charge on any atom is -0.485 e. The number of hydrogen-bond donors (Lipinski definition) is 0. The molecule has 1 saturated heterocycles. The number of rotatable bonds is 6. The monoisotopic (exact) mass is 397 g/mol. The van der Waals surface area contributed by atoms with Gasteiger partial charge in [-0.25, -0.2) is 13.2 Å². The second kappa shape index (κ2) is 8.16. The molecule has 148 valence electrons. The molecule has 0 bridgehead atoms. The Balaban J connectivity index is 1.55. The quantitative estimate of drug-likeness (QED) is 0.655. The smallest absolute Gasteiger partial charge is 0.351 e. The van der Waals surface area contributed by atoms with Crippen molar-refractivity contribution in [1.29, 1.82) is 0 Å². The maximum Gasteiger partial charge on any atom is 0.351 e. The SMILES string of the molecule is CCCN(C(=O)COC(=O)[C@H]1COc2ccccc2O1)[C@@H]1CCS(=O)(=O)C1. The number of esters is 1. The van der Waals surface area contributed by atoms with E-state index in [1.54, 1.807) is 24.3 Å². The second-order valence-corrected chi connectivity index (χ2v) is 8.84. The summed E-state index contributed by atoms with van der Waals surface area (Å²) in [5.74, 6) is -0.0477. The molecule has 9 heteroatoms. The Morgan fingerprint density at radius 3 is 2.67 bits per heavy atom. The molecule has 3 rings (SSSR count). The summed E-state index contributed by atoms with van der Waals surface area (Å²) in [6.45, 7) is 1.88. The third-order valence-corrected chi connectivity index (χ3v) is 6.29. The first-order valence-corrected chi connectivity index (χ1v) is 10.8. The van der Waals surface area contributed by atoms with Gasteiger partial charge in [0.25, 0.3) is 5.91 Å². The van der Waals surface area contributed by atoms with E-state index in [9.17, 15) is 18.0 Å². The first-order chi connectivity index (χ1) is 12.9. The maximum atomic E-state index is 12.5. The van der Waals surface area contributed by atoms with Gasteiger partial charge in [0.05, 0.1) is 11.5 Å². The molecule has 0 spiro atoms. The molecular formula is C18H23NO7S. The van der Waals surface area contributed by atoms with Gasteiger partial charge in [-0.1, -0.05) is 19.1 Å². The van der Waals surface area contributed by atoms with Crippen LogP contribution in [-0.2, 0) is 24.2 Å². The molecule has 1 fully saturated rings. The zero-order chi connectivity index (χ0) is 19.4. The number of ether oxygens (including phenoxy) is 3. The Labute approximate surface area is 158 Å². The van der Waals surface area contributed by atoms with Gasteiger partial charge in [0.1, 0.15) is 6.61 Å². The van der Waals surface area contributed by atoms with Gasteiger partial charge in [0.15, 0.2) is 27.9 Å². The van der Waals surface area contributed by atoms with Crippen molar-refractivity contribution < 1.29 is 32.2 Å². The number of fused-ring (bicyclic) bond motifs is 1. The summed E-state index contributed by atoms with van der Waals surface area (Å²) in [6, 6.07) is 6.62. The fourth-order valence-electron chi connectivity index (χ4n) is 3.22. The lowest BCUT2D eigenvalue weighted by atomic mass is 10.2. The van der Waals surface area contributed by atoms with Gasteiger partial charge in [-0.2, -0.15) is 0 Å². The zero-order valence-corrected chi connectivity index (χ0v) is 15.9. The highest BCUT2D eigenvalue weighted by Gasteiger charge is 2.35. The molecule has 1 aromatic carbocycles. The highest BCUT2D eigenvalue weighted by Crippen LogP contribution is 2.31. The molecule has 27 heavy (non-hydrogen) atoms. The molecule has 2 aliphatic rings. The summed E-state index contributed by atoms with van der Waals surface area (Å²) in [7, 11) is -3.11. The van der Waals surface area contributed by atoms with Crippen molar-refractivity contribution >= 4 is 21.7 Å². The molecule has 0 aliphatic carbocycles. The second-order valence-electron chi connectivity index (χ2n) is 6.62. The molecule has 0 radical (unpaired) electrons. The topological polar surface area (TPSA) is 99.2 Å². The number of nitrogens with zero attached hydrogens (tertiary/aromatic N) is 1. The van der Waals surface area contributed by atoms with Gasteiger partial charge in [-0.05, 0) is 25.0 Å². The van der Waals surface area contributed by atoms with Crippen LogP contribution in [0.2, 0.25) is 0 Å². The Hall–Kier alpha value is -2.29. The number of para-hydroxylation sites is 2. The van der Waals surface area contributed by atoms with E-state index in [4.69, 9.17) is 14.2 Å². The number of benzene rings is 1. The fraction of sp³-hybridized carbons (Fsp3) is 0.556. The third kappa shape index (κ3) is 4.71. The number of amides is 1. The Kier molecular flexibility index (Phi) is 5.88. The largest absolute Gasteiger partial charge is 0.485 e. The highest BCUT2D eigenvalue weighted by atomic mass is 32.2. The number of hydrogen-bond acceptors (Lipinski definition) is 7. The maximum absolute atomic E-state index is 12.5.